The summed E-state index contributed by atoms with van der Waals surface area (Å²) in [6.07, 6.45) is 2.49. The molecular formula is C17H26N2O3. The molecule has 1 amide bonds. The van der Waals surface area contributed by atoms with Gasteiger partial charge < -0.3 is 14.7 Å². The third-order valence-corrected chi connectivity index (χ3v) is 3.91. The molecule has 1 fully saturated rings. The minimum absolute atomic E-state index is 0.156. The summed E-state index contributed by atoms with van der Waals surface area (Å²) in [4.78, 5) is 18.0. The maximum absolute atomic E-state index is 12.0. The number of nitrogens with zero attached hydrogens (tertiary/aromatic N) is 2. The fraction of sp³-hybridized carbons (Fsp3) is 0.647. The highest BCUT2D eigenvalue weighted by molar-refractivity contribution is 5.68. The highest BCUT2D eigenvalue weighted by Gasteiger charge is 2.30. The summed E-state index contributed by atoms with van der Waals surface area (Å²) in [6, 6.07) is 3.83. The molecule has 1 atom stereocenters. The van der Waals surface area contributed by atoms with Crippen LogP contribution < -0.4 is 0 Å². The minimum atomic E-state index is -0.520. The van der Waals surface area contributed by atoms with Gasteiger partial charge in [-0.2, -0.15) is 0 Å². The number of aryl methyl sites for hydroxylation is 1. The normalized spacial score (nSPS) is 18.1. The van der Waals surface area contributed by atoms with E-state index in [1.54, 1.807) is 11.1 Å². The SMILES string of the molecule is Cc1ccc(C(O)C2CCN(C(=O)OC(C)(C)C)CC2)cn1. The van der Waals surface area contributed by atoms with Gasteiger partial charge in [-0.05, 0) is 58.1 Å². The number of piperidine rings is 1. The second kappa shape index (κ2) is 6.65. The first-order chi connectivity index (χ1) is 10.3. The van der Waals surface area contributed by atoms with E-state index in [1.165, 1.54) is 0 Å². The van der Waals surface area contributed by atoms with Crippen LogP contribution in [0.4, 0.5) is 4.79 Å². The van der Waals surface area contributed by atoms with Gasteiger partial charge in [0.05, 0.1) is 6.10 Å². The Labute approximate surface area is 132 Å². The quantitative estimate of drug-likeness (QED) is 0.912. The van der Waals surface area contributed by atoms with E-state index >= 15 is 0 Å². The molecule has 1 saturated heterocycles. The third-order valence-electron chi connectivity index (χ3n) is 3.91. The highest BCUT2D eigenvalue weighted by atomic mass is 16.6. The molecule has 1 aliphatic rings. The van der Waals surface area contributed by atoms with Crippen LogP contribution in [0.5, 0.6) is 0 Å². The number of rotatable bonds is 2. The van der Waals surface area contributed by atoms with Gasteiger partial charge in [0.25, 0.3) is 0 Å². The Bertz CT molecular complexity index is 500. The predicted octanol–water partition coefficient (Wildman–Crippen LogP) is 3.07. The van der Waals surface area contributed by atoms with Crippen LogP contribution in [0, 0.1) is 12.8 Å². The van der Waals surface area contributed by atoms with Crippen molar-refractivity contribution in [3.05, 3.63) is 29.6 Å². The van der Waals surface area contributed by atoms with Crippen molar-refractivity contribution in [2.45, 2.75) is 52.2 Å². The third kappa shape index (κ3) is 4.44. The average Bonchev–Trinajstić information content (AvgIpc) is 2.46. The van der Waals surface area contributed by atoms with Crippen molar-refractivity contribution in [1.82, 2.24) is 9.88 Å². The molecule has 0 radical (unpaired) electrons. The lowest BCUT2D eigenvalue weighted by Crippen LogP contribution is -2.42. The Balaban J connectivity index is 1.89. The Morgan fingerprint density at radius 2 is 2.00 bits per heavy atom. The minimum Gasteiger partial charge on any atom is -0.444 e. The molecule has 1 aromatic rings. The van der Waals surface area contributed by atoms with E-state index in [1.807, 2.05) is 39.8 Å². The van der Waals surface area contributed by atoms with E-state index in [2.05, 4.69) is 4.98 Å². The summed E-state index contributed by atoms with van der Waals surface area (Å²) in [5.41, 5.74) is 1.32. The number of aliphatic hydroxyl groups is 1. The summed E-state index contributed by atoms with van der Waals surface area (Å²) in [6.45, 7) is 8.77. The number of aromatic nitrogens is 1. The second-order valence-corrected chi connectivity index (χ2v) is 6.98. The molecule has 0 bridgehead atoms. The molecular weight excluding hydrogens is 280 g/mol. The van der Waals surface area contributed by atoms with Gasteiger partial charge in [-0.15, -0.1) is 0 Å². The molecule has 122 valence electrons. The molecule has 0 saturated carbocycles. The lowest BCUT2D eigenvalue weighted by molar-refractivity contribution is 0.00762. The summed E-state index contributed by atoms with van der Waals surface area (Å²) in [5, 5.41) is 10.5. The van der Waals surface area contributed by atoms with Crippen LogP contribution in [-0.2, 0) is 4.74 Å². The van der Waals surface area contributed by atoms with Crippen LogP contribution in [-0.4, -0.2) is 39.8 Å². The Morgan fingerprint density at radius 3 is 2.50 bits per heavy atom. The van der Waals surface area contributed by atoms with Gasteiger partial charge in [0.1, 0.15) is 5.60 Å². The highest BCUT2D eigenvalue weighted by Crippen LogP contribution is 2.30. The first-order valence-corrected chi connectivity index (χ1v) is 7.85. The topological polar surface area (TPSA) is 62.7 Å². The van der Waals surface area contributed by atoms with Gasteiger partial charge in [0.2, 0.25) is 0 Å². The lowest BCUT2D eigenvalue weighted by Gasteiger charge is -2.35. The molecule has 5 nitrogen and oxygen atoms in total. The van der Waals surface area contributed by atoms with Crippen LogP contribution in [0.2, 0.25) is 0 Å². The van der Waals surface area contributed by atoms with Crippen molar-refractivity contribution in [2.75, 3.05) is 13.1 Å². The van der Waals surface area contributed by atoms with E-state index in [-0.39, 0.29) is 12.0 Å². The van der Waals surface area contributed by atoms with Gasteiger partial charge in [0, 0.05) is 25.0 Å². The molecule has 2 heterocycles. The fourth-order valence-electron chi connectivity index (χ4n) is 2.65. The number of hydrogen-bond donors (Lipinski definition) is 1. The average molecular weight is 306 g/mol. The van der Waals surface area contributed by atoms with Crippen LogP contribution >= 0.6 is 0 Å². The molecule has 0 spiro atoms. The van der Waals surface area contributed by atoms with Gasteiger partial charge in [-0.25, -0.2) is 4.79 Å². The standard InChI is InChI=1S/C17H26N2O3/c1-12-5-6-14(11-18-12)15(20)13-7-9-19(10-8-13)16(21)22-17(2,3)4/h5-6,11,13,15,20H,7-10H2,1-4H3. The zero-order valence-electron chi connectivity index (χ0n) is 13.9. The summed E-state index contributed by atoms with van der Waals surface area (Å²) in [7, 11) is 0. The lowest BCUT2D eigenvalue weighted by atomic mass is 9.88. The summed E-state index contributed by atoms with van der Waals surface area (Å²) < 4.78 is 5.39. The smallest absolute Gasteiger partial charge is 0.410 e. The van der Waals surface area contributed by atoms with E-state index in [0.717, 1.165) is 24.1 Å². The van der Waals surface area contributed by atoms with E-state index in [9.17, 15) is 9.90 Å². The van der Waals surface area contributed by atoms with Gasteiger partial charge in [0.15, 0.2) is 0 Å². The van der Waals surface area contributed by atoms with Crippen LogP contribution in [0.1, 0.15) is 51.0 Å². The largest absolute Gasteiger partial charge is 0.444 e. The molecule has 5 heteroatoms. The molecule has 1 aromatic heterocycles. The zero-order chi connectivity index (χ0) is 16.3. The van der Waals surface area contributed by atoms with E-state index in [0.29, 0.717) is 13.1 Å². The first kappa shape index (κ1) is 16.7. The van der Waals surface area contributed by atoms with Crippen LogP contribution in [0.25, 0.3) is 0 Å². The summed E-state index contributed by atoms with van der Waals surface area (Å²) >= 11 is 0. The van der Waals surface area contributed by atoms with Crippen LogP contribution in [0.3, 0.4) is 0 Å². The number of carbonyl (C=O) groups excluding carboxylic acids is 1. The molecule has 2 rings (SSSR count). The van der Waals surface area contributed by atoms with Crippen molar-refractivity contribution < 1.29 is 14.6 Å². The van der Waals surface area contributed by atoms with Crippen molar-refractivity contribution in [3.8, 4) is 0 Å². The predicted molar refractivity (Wildman–Crippen MR) is 84.5 cm³/mol. The monoisotopic (exact) mass is 306 g/mol. The zero-order valence-corrected chi connectivity index (χ0v) is 13.9. The first-order valence-electron chi connectivity index (χ1n) is 7.85. The fourth-order valence-corrected chi connectivity index (χ4v) is 2.65. The maximum Gasteiger partial charge on any atom is 0.410 e. The Morgan fingerprint density at radius 1 is 1.36 bits per heavy atom. The number of ether oxygens (including phenoxy) is 1. The van der Waals surface area contributed by atoms with Crippen molar-refractivity contribution in [2.24, 2.45) is 5.92 Å². The summed E-state index contributed by atoms with van der Waals surface area (Å²) in [5.74, 6) is 0.156. The number of pyridine rings is 1. The maximum atomic E-state index is 12.0. The number of likely N-dealkylation sites (tertiary alicyclic amines) is 1. The van der Waals surface area contributed by atoms with E-state index in [4.69, 9.17) is 4.74 Å². The van der Waals surface area contributed by atoms with Gasteiger partial charge in [-0.1, -0.05) is 6.07 Å². The molecule has 1 unspecified atom stereocenters. The van der Waals surface area contributed by atoms with Crippen molar-refractivity contribution >= 4 is 6.09 Å². The Kier molecular flexibility index (Phi) is 5.06. The molecule has 1 aliphatic heterocycles. The molecule has 22 heavy (non-hydrogen) atoms. The molecule has 0 aromatic carbocycles. The Hall–Kier alpha value is -1.62. The van der Waals surface area contributed by atoms with Gasteiger partial charge in [-0.3, -0.25) is 4.98 Å². The van der Waals surface area contributed by atoms with Gasteiger partial charge >= 0.3 is 6.09 Å². The van der Waals surface area contributed by atoms with E-state index < -0.39 is 11.7 Å². The number of carbonyl (C=O) groups is 1. The van der Waals surface area contributed by atoms with Crippen molar-refractivity contribution in [3.63, 3.8) is 0 Å². The van der Waals surface area contributed by atoms with Crippen LogP contribution in [0.15, 0.2) is 18.3 Å². The molecule has 1 N–H and O–H groups in total. The van der Waals surface area contributed by atoms with Crippen molar-refractivity contribution in [1.29, 1.82) is 0 Å². The number of amides is 1. The molecule has 0 aliphatic carbocycles. The second-order valence-electron chi connectivity index (χ2n) is 6.98. The number of aliphatic hydroxyl groups excluding tert-OH is 1. The number of hydrogen-bond acceptors (Lipinski definition) is 4.